The van der Waals surface area contributed by atoms with Crippen LogP contribution in [0.5, 0.6) is 0 Å². The third-order valence-electron chi connectivity index (χ3n) is 2.65. The quantitative estimate of drug-likeness (QED) is 0.720. The highest BCUT2D eigenvalue weighted by molar-refractivity contribution is 4.91. The van der Waals surface area contributed by atoms with Gasteiger partial charge in [-0.2, -0.15) is 0 Å². The van der Waals surface area contributed by atoms with Crippen LogP contribution in [-0.2, 0) is 13.5 Å². The van der Waals surface area contributed by atoms with Crippen molar-refractivity contribution in [2.24, 2.45) is 7.05 Å². The highest BCUT2D eigenvalue weighted by atomic mass is 16.3. The lowest BCUT2D eigenvalue weighted by Crippen LogP contribution is -2.28. The van der Waals surface area contributed by atoms with Crippen molar-refractivity contribution in [2.75, 3.05) is 26.2 Å². The van der Waals surface area contributed by atoms with Gasteiger partial charge >= 0.3 is 0 Å². The first-order valence-electron chi connectivity index (χ1n) is 5.57. The lowest BCUT2D eigenvalue weighted by Gasteiger charge is -2.19. The van der Waals surface area contributed by atoms with Crippen molar-refractivity contribution >= 4 is 0 Å². The number of likely N-dealkylation sites (N-methyl/N-ethyl adjacent to an activating group) is 1. The molecule has 0 aliphatic rings. The molecule has 1 rings (SSSR count). The Balaban J connectivity index is 2.31. The zero-order valence-corrected chi connectivity index (χ0v) is 9.69. The van der Waals surface area contributed by atoms with E-state index in [1.807, 2.05) is 19.4 Å². The molecule has 0 aliphatic carbocycles. The molecular formula is C11H21N3O. The Labute approximate surface area is 91.5 Å². The molecule has 1 N–H and O–H groups in total. The molecule has 0 saturated carbocycles. The van der Waals surface area contributed by atoms with Gasteiger partial charge in [-0.05, 0) is 13.0 Å². The second-order valence-corrected chi connectivity index (χ2v) is 3.72. The van der Waals surface area contributed by atoms with Crippen LogP contribution in [0.25, 0.3) is 0 Å². The average Bonchev–Trinajstić information content (AvgIpc) is 2.65. The molecule has 1 heterocycles. The van der Waals surface area contributed by atoms with E-state index >= 15 is 0 Å². The molecule has 1 aromatic heterocycles. The predicted molar refractivity (Wildman–Crippen MR) is 60.7 cm³/mol. The SMILES string of the molecule is CCN(CCCO)CCc1nccn1C. The summed E-state index contributed by atoms with van der Waals surface area (Å²) in [6, 6.07) is 0. The first-order chi connectivity index (χ1) is 7.27. The molecule has 0 fully saturated rings. The highest BCUT2D eigenvalue weighted by Crippen LogP contribution is 1.99. The lowest BCUT2D eigenvalue weighted by atomic mass is 10.3. The Kier molecular flexibility index (Phi) is 5.36. The summed E-state index contributed by atoms with van der Waals surface area (Å²) in [5.41, 5.74) is 0. The van der Waals surface area contributed by atoms with Crippen molar-refractivity contribution in [3.63, 3.8) is 0 Å². The predicted octanol–water partition coefficient (Wildman–Crippen LogP) is 0.667. The smallest absolute Gasteiger partial charge is 0.109 e. The normalized spacial score (nSPS) is 11.2. The molecular weight excluding hydrogens is 190 g/mol. The van der Waals surface area contributed by atoms with E-state index in [2.05, 4.69) is 21.4 Å². The van der Waals surface area contributed by atoms with Gasteiger partial charge in [0.1, 0.15) is 5.82 Å². The van der Waals surface area contributed by atoms with Crippen LogP contribution in [0.15, 0.2) is 12.4 Å². The third kappa shape index (κ3) is 4.01. The summed E-state index contributed by atoms with van der Waals surface area (Å²) < 4.78 is 2.06. The lowest BCUT2D eigenvalue weighted by molar-refractivity contribution is 0.230. The Bertz CT molecular complexity index is 273. The third-order valence-corrected chi connectivity index (χ3v) is 2.65. The van der Waals surface area contributed by atoms with Gasteiger partial charge in [-0.1, -0.05) is 6.92 Å². The van der Waals surface area contributed by atoms with Crippen molar-refractivity contribution in [2.45, 2.75) is 19.8 Å². The summed E-state index contributed by atoms with van der Waals surface area (Å²) >= 11 is 0. The molecule has 0 unspecified atom stereocenters. The number of nitrogens with zero attached hydrogens (tertiary/aromatic N) is 3. The molecule has 0 bridgehead atoms. The standard InChI is InChI=1S/C11H21N3O/c1-3-14(7-4-10-15)8-5-11-12-6-9-13(11)2/h6,9,15H,3-5,7-8,10H2,1-2H3. The molecule has 0 amide bonds. The largest absolute Gasteiger partial charge is 0.396 e. The Morgan fingerprint density at radius 3 is 2.80 bits per heavy atom. The summed E-state index contributed by atoms with van der Waals surface area (Å²) in [5.74, 6) is 1.12. The first-order valence-corrected chi connectivity index (χ1v) is 5.57. The van der Waals surface area contributed by atoms with Crippen LogP contribution < -0.4 is 0 Å². The van der Waals surface area contributed by atoms with Crippen LogP contribution in [0, 0.1) is 0 Å². The number of aryl methyl sites for hydroxylation is 1. The van der Waals surface area contributed by atoms with Gasteiger partial charge in [0.05, 0.1) is 0 Å². The monoisotopic (exact) mass is 211 g/mol. The van der Waals surface area contributed by atoms with E-state index in [4.69, 9.17) is 5.11 Å². The van der Waals surface area contributed by atoms with Crippen molar-refractivity contribution in [3.05, 3.63) is 18.2 Å². The number of hydrogen-bond donors (Lipinski definition) is 1. The van der Waals surface area contributed by atoms with Crippen LogP contribution in [0.2, 0.25) is 0 Å². The summed E-state index contributed by atoms with van der Waals surface area (Å²) in [6.07, 6.45) is 5.63. The van der Waals surface area contributed by atoms with E-state index in [0.717, 1.165) is 38.3 Å². The number of rotatable bonds is 7. The van der Waals surface area contributed by atoms with Gasteiger partial charge < -0.3 is 14.6 Å². The van der Waals surface area contributed by atoms with Gasteiger partial charge in [-0.15, -0.1) is 0 Å². The van der Waals surface area contributed by atoms with E-state index in [0.29, 0.717) is 0 Å². The molecule has 0 spiro atoms. The fourth-order valence-electron chi connectivity index (χ4n) is 1.62. The van der Waals surface area contributed by atoms with Crippen LogP contribution in [0.3, 0.4) is 0 Å². The zero-order chi connectivity index (χ0) is 11.1. The van der Waals surface area contributed by atoms with Gasteiger partial charge in [0.25, 0.3) is 0 Å². The van der Waals surface area contributed by atoms with Crippen molar-refractivity contribution in [3.8, 4) is 0 Å². The fourth-order valence-corrected chi connectivity index (χ4v) is 1.62. The second kappa shape index (κ2) is 6.58. The minimum atomic E-state index is 0.277. The molecule has 0 aromatic carbocycles. The summed E-state index contributed by atoms with van der Waals surface area (Å²) in [5, 5.41) is 8.76. The van der Waals surface area contributed by atoms with Crippen LogP contribution in [-0.4, -0.2) is 45.8 Å². The zero-order valence-electron chi connectivity index (χ0n) is 9.69. The minimum absolute atomic E-state index is 0.277. The Morgan fingerprint density at radius 1 is 1.47 bits per heavy atom. The van der Waals surface area contributed by atoms with Crippen LogP contribution in [0.1, 0.15) is 19.2 Å². The van der Waals surface area contributed by atoms with E-state index < -0.39 is 0 Å². The van der Waals surface area contributed by atoms with E-state index in [1.165, 1.54) is 0 Å². The number of aliphatic hydroxyl groups excluding tert-OH is 1. The second-order valence-electron chi connectivity index (χ2n) is 3.72. The summed E-state index contributed by atoms with van der Waals surface area (Å²) in [6.45, 7) is 5.44. The van der Waals surface area contributed by atoms with E-state index in [9.17, 15) is 0 Å². The Hall–Kier alpha value is -0.870. The van der Waals surface area contributed by atoms with Gasteiger partial charge in [0.2, 0.25) is 0 Å². The van der Waals surface area contributed by atoms with Crippen molar-refractivity contribution in [1.82, 2.24) is 14.5 Å². The molecule has 86 valence electrons. The topological polar surface area (TPSA) is 41.3 Å². The van der Waals surface area contributed by atoms with E-state index in [1.54, 1.807) is 0 Å². The molecule has 4 nitrogen and oxygen atoms in total. The maximum atomic E-state index is 8.76. The molecule has 4 heteroatoms. The summed E-state index contributed by atoms with van der Waals surface area (Å²) in [4.78, 5) is 6.63. The fraction of sp³-hybridized carbons (Fsp3) is 0.727. The number of hydrogen-bond acceptors (Lipinski definition) is 3. The van der Waals surface area contributed by atoms with E-state index in [-0.39, 0.29) is 6.61 Å². The molecule has 0 aliphatic heterocycles. The molecule has 0 atom stereocenters. The number of imidazole rings is 1. The minimum Gasteiger partial charge on any atom is -0.396 e. The number of aliphatic hydroxyl groups is 1. The van der Waals surface area contributed by atoms with Crippen molar-refractivity contribution in [1.29, 1.82) is 0 Å². The Morgan fingerprint density at radius 2 is 2.27 bits per heavy atom. The maximum Gasteiger partial charge on any atom is 0.109 e. The van der Waals surface area contributed by atoms with Crippen LogP contribution in [0.4, 0.5) is 0 Å². The van der Waals surface area contributed by atoms with Gasteiger partial charge in [-0.3, -0.25) is 0 Å². The van der Waals surface area contributed by atoms with Gasteiger partial charge in [-0.25, -0.2) is 4.98 Å². The highest BCUT2D eigenvalue weighted by Gasteiger charge is 2.04. The van der Waals surface area contributed by atoms with Gasteiger partial charge in [0, 0.05) is 45.6 Å². The molecule has 0 radical (unpaired) electrons. The van der Waals surface area contributed by atoms with Gasteiger partial charge in [0.15, 0.2) is 0 Å². The number of aromatic nitrogens is 2. The molecule has 1 aromatic rings. The summed E-state index contributed by atoms with van der Waals surface area (Å²) in [7, 11) is 2.02. The molecule has 0 saturated heterocycles. The van der Waals surface area contributed by atoms with Crippen LogP contribution >= 0.6 is 0 Å². The molecule has 15 heavy (non-hydrogen) atoms. The maximum absolute atomic E-state index is 8.76. The average molecular weight is 211 g/mol. The first kappa shape index (κ1) is 12.2. The van der Waals surface area contributed by atoms with Crippen molar-refractivity contribution < 1.29 is 5.11 Å².